The van der Waals surface area contributed by atoms with Crippen molar-refractivity contribution in [3.63, 3.8) is 0 Å². The highest BCUT2D eigenvalue weighted by molar-refractivity contribution is 7.91. The number of ether oxygens (including phenoxy) is 1. The normalized spacial score (nSPS) is 14.2. The number of hydrogen-bond acceptors (Lipinski definition) is 4. The van der Waals surface area contributed by atoms with Gasteiger partial charge in [0.15, 0.2) is 9.84 Å². The van der Waals surface area contributed by atoms with Crippen LogP contribution in [-0.2, 0) is 25.5 Å². The molecule has 0 aliphatic rings. The molecule has 0 spiro atoms. The Morgan fingerprint density at radius 1 is 1.16 bits per heavy atom. The highest BCUT2D eigenvalue weighted by Gasteiger charge is 2.40. The number of carbonyl (C=O) groups is 1. The van der Waals surface area contributed by atoms with E-state index in [4.69, 9.17) is 0 Å². The minimum Gasteiger partial charge on any atom is -0.469 e. The van der Waals surface area contributed by atoms with Crippen molar-refractivity contribution >= 4 is 15.8 Å². The molecule has 0 fully saturated rings. The van der Waals surface area contributed by atoms with Crippen molar-refractivity contribution in [2.45, 2.75) is 30.4 Å². The molecule has 0 heterocycles. The largest absolute Gasteiger partial charge is 0.469 e. The van der Waals surface area contributed by atoms with Crippen LogP contribution in [0.25, 0.3) is 0 Å². The zero-order chi connectivity index (χ0) is 19.5. The summed E-state index contributed by atoms with van der Waals surface area (Å²) in [6, 6.07) is 2.69. The molecule has 25 heavy (non-hydrogen) atoms. The number of methoxy groups -OCH3 is 1. The van der Waals surface area contributed by atoms with E-state index in [9.17, 15) is 39.6 Å². The number of benzene rings is 1. The Hall–Kier alpha value is -1.78. The Morgan fingerprint density at radius 3 is 2.24 bits per heavy atom. The Kier molecular flexibility index (Phi) is 6.49. The molecule has 1 aromatic rings. The van der Waals surface area contributed by atoms with Gasteiger partial charge in [-0.3, -0.25) is 4.79 Å². The molecule has 142 valence electrons. The van der Waals surface area contributed by atoms with Gasteiger partial charge in [0.1, 0.15) is 0 Å². The molecule has 0 radical (unpaired) electrons. The van der Waals surface area contributed by atoms with Crippen molar-refractivity contribution in [2.75, 3.05) is 12.9 Å². The van der Waals surface area contributed by atoms with E-state index in [1.807, 2.05) is 0 Å². The maximum absolute atomic E-state index is 12.7. The molecule has 0 aromatic heterocycles. The molecule has 1 rings (SSSR count). The molecule has 0 aliphatic carbocycles. The first-order chi connectivity index (χ1) is 11.3. The van der Waals surface area contributed by atoms with Crippen LogP contribution in [-0.4, -0.2) is 33.4 Å². The molecule has 0 aliphatic heterocycles. The van der Waals surface area contributed by atoms with Gasteiger partial charge in [-0.2, -0.15) is 26.3 Å². The van der Waals surface area contributed by atoms with Crippen LogP contribution in [0.3, 0.4) is 0 Å². The average Bonchev–Trinajstić information content (AvgIpc) is 2.48. The fourth-order valence-electron chi connectivity index (χ4n) is 2.05. The Labute approximate surface area is 139 Å². The average molecular weight is 392 g/mol. The van der Waals surface area contributed by atoms with Gasteiger partial charge in [0.05, 0.1) is 36.5 Å². The number of carbonyl (C=O) groups excluding carboxylic acids is 1. The molecule has 1 atom stereocenters. The van der Waals surface area contributed by atoms with Crippen LogP contribution >= 0.6 is 0 Å². The van der Waals surface area contributed by atoms with Crippen LogP contribution in [0.5, 0.6) is 0 Å². The van der Waals surface area contributed by atoms with E-state index >= 15 is 0 Å². The molecule has 0 saturated carbocycles. The number of sulfone groups is 1. The second-order valence-electron chi connectivity index (χ2n) is 5.12. The summed E-state index contributed by atoms with van der Waals surface area (Å²) in [5.41, 5.74) is -1.91. The van der Waals surface area contributed by atoms with E-state index in [1.165, 1.54) is 0 Å². The Balaban J connectivity index is 3.28. The van der Waals surface area contributed by atoms with Crippen molar-refractivity contribution in [1.82, 2.24) is 0 Å². The van der Waals surface area contributed by atoms with Crippen molar-refractivity contribution in [3.8, 4) is 0 Å². The highest BCUT2D eigenvalue weighted by Crippen LogP contribution is 2.38. The lowest BCUT2D eigenvalue weighted by Gasteiger charge is -2.20. The number of hydrogen-bond donors (Lipinski definition) is 0. The molecule has 0 saturated heterocycles. The van der Waals surface area contributed by atoms with Gasteiger partial charge in [0.25, 0.3) is 0 Å². The van der Waals surface area contributed by atoms with Gasteiger partial charge >= 0.3 is 18.3 Å². The summed E-state index contributed by atoms with van der Waals surface area (Å²) in [5, 5.41) is -2.25. The predicted octanol–water partition coefficient (Wildman–Crippen LogP) is 3.68. The Bertz CT molecular complexity index is 709. The van der Waals surface area contributed by atoms with Gasteiger partial charge < -0.3 is 4.74 Å². The second-order valence-corrected chi connectivity index (χ2v) is 7.43. The lowest BCUT2D eigenvalue weighted by Crippen LogP contribution is -2.25. The molecular formula is C14H14F6O4S. The zero-order valence-corrected chi connectivity index (χ0v) is 13.6. The molecule has 11 heteroatoms. The van der Waals surface area contributed by atoms with Gasteiger partial charge in [0, 0.05) is 0 Å². The number of alkyl halides is 6. The number of rotatable bonds is 6. The minimum absolute atomic E-state index is 0.367. The van der Waals surface area contributed by atoms with Gasteiger partial charge in [-0.1, -0.05) is 18.2 Å². The van der Waals surface area contributed by atoms with E-state index in [0.29, 0.717) is 12.1 Å². The SMILES string of the molecule is COC(=O)CCS(=O)(=O)C(CC(F)(F)F)c1cccc(C(F)(F)F)c1. The van der Waals surface area contributed by atoms with Gasteiger partial charge in [-0.25, -0.2) is 8.42 Å². The van der Waals surface area contributed by atoms with Crippen LogP contribution in [0, 0.1) is 0 Å². The van der Waals surface area contributed by atoms with E-state index < -0.39 is 63.1 Å². The standard InChI is InChI=1S/C14H14F6O4S/c1-24-12(21)5-6-25(22,23)11(8-13(15,16)17)9-3-2-4-10(7-9)14(18,19)20/h2-4,7,11H,5-6,8H2,1H3. The molecule has 0 amide bonds. The number of halogens is 6. The molecule has 0 N–H and O–H groups in total. The fourth-order valence-corrected chi connectivity index (χ4v) is 3.79. The monoisotopic (exact) mass is 392 g/mol. The summed E-state index contributed by atoms with van der Waals surface area (Å²) in [5.74, 6) is -1.94. The first-order valence-corrected chi connectivity index (χ1v) is 8.50. The summed E-state index contributed by atoms with van der Waals surface area (Å²) >= 11 is 0. The van der Waals surface area contributed by atoms with Crippen LogP contribution in [0.1, 0.15) is 29.2 Å². The van der Waals surface area contributed by atoms with Crippen LogP contribution in [0.4, 0.5) is 26.3 Å². The number of esters is 1. The van der Waals surface area contributed by atoms with Crippen molar-refractivity contribution in [2.24, 2.45) is 0 Å². The zero-order valence-electron chi connectivity index (χ0n) is 12.8. The summed E-state index contributed by atoms with van der Waals surface area (Å²) in [6.07, 6.45) is -12.3. The maximum atomic E-state index is 12.7. The fraction of sp³-hybridized carbons (Fsp3) is 0.500. The van der Waals surface area contributed by atoms with Crippen molar-refractivity contribution in [3.05, 3.63) is 35.4 Å². The van der Waals surface area contributed by atoms with Crippen LogP contribution in [0.2, 0.25) is 0 Å². The second kappa shape index (κ2) is 7.63. The predicted molar refractivity (Wildman–Crippen MR) is 75.3 cm³/mol. The Morgan fingerprint density at radius 2 is 1.76 bits per heavy atom. The quantitative estimate of drug-likeness (QED) is 0.548. The molecule has 0 bridgehead atoms. The molecular weight excluding hydrogens is 378 g/mol. The lowest BCUT2D eigenvalue weighted by molar-refractivity contribution is -0.140. The molecule has 1 unspecified atom stereocenters. The van der Waals surface area contributed by atoms with Crippen molar-refractivity contribution in [1.29, 1.82) is 0 Å². The third-order valence-corrected chi connectivity index (χ3v) is 5.33. The van der Waals surface area contributed by atoms with E-state index in [2.05, 4.69) is 4.74 Å². The van der Waals surface area contributed by atoms with E-state index in [0.717, 1.165) is 19.2 Å². The topological polar surface area (TPSA) is 60.4 Å². The van der Waals surface area contributed by atoms with Crippen LogP contribution < -0.4 is 0 Å². The van der Waals surface area contributed by atoms with Crippen LogP contribution in [0.15, 0.2) is 24.3 Å². The summed E-state index contributed by atoms with van der Waals surface area (Å²) in [4.78, 5) is 11.0. The minimum atomic E-state index is -4.93. The van der Waals surface area contributed by atoms with Gasteiger partial charge in [-0.15, -0.1) is 0 Å². The smallest absolute Gasteiger partial charge is 0.416 e. The first-order valence-electron chi connectivity index (χ1n) is 6.78. The summed E-state index contributed by atoms with van der Waals surface area (Å²) < 4.78 is 105. The third-order valence-electron chi connectivity index (χ3n) is 3.25. The summed E-state index contributed by atoms with van der Waals surface area (Å²) in [6.45, 7) is 0. The third kappa shape index (κ3) is 6.56. The first kappa shape index (κ1) is 21.3. The summed E-state index contributed by atoms with van der Waals surface area (Å²) in [7, 11) is -3.60. The maximum Gasteiger partial charge on any atom is 0.416 e. The molecule has 4 nitrogen and oxygen atoms in total. The van der Waals surface area contributed by atoms with E-state index in [-0.39, 0.29) is 0 Å². The lowest BCUT2D eigenvalue weighted by atomic mass is 10.1. The van der Waals surface area contributed by atoms with Gasteiger partial charge in [0.2, 0.25) is 0 Å². The van der Waals surface area contributed by atoms with E-state index in [1.54, 1.807) is 0 Å². The van der Waals surface area contributed by atoms with Crippen molar-refractivity contribution < 1.29 is 44.3 Å². The van der Waals surface area contributed by atoms with Gasteiger partial charge in [-0.05, 0) is 11.6 Å². The highest BCUT2D eigenvalue weighted by atomic mass is 32.2. The molecule has 1 aromatic carbocycles.